The molecule has 37 heavy (non-hydrogen) atoms. The fourth-order valence-electron chi connectivity index (χ4n) is 7.14. The highest BCUT2D eigenvalue weighted by Gasteiger charge is 2.69. The minimum absolute atomic E-state index is 0.175. The van der Waals surface area contributed by atoms with Crippen LogP contribution in [-0.4, -0.2) is 76.5 Å². The third-order valence-corrected chi connectivity index (χ3v) is 8.94. The van der Waals surface area contributed by atoms with Gasteiger partial charge in [-0.05, 0) is 38.0 Å². The number of carbonyl (C=O) groups is 2. The monoisotopic (exact) mass is 515 g/mol. The van der Waals surface area contributed by atoms with E-state index in [4.69, 9.17) is 18.9 Å². The molecule has 9 nitrogen and oxygen atoms in total. The molecule has 12 atom stereocenters. The number of aromatic nitrogens is 1. The fourth-order valence-corrected chi connectivity index (χ4v) is 7.14. The summed E-state index contributed by atoms with van der Waals surface area (Å²) in [6, 6.07) is 3.37. The van der Waals surface area contributed by atoms with Crippen LogP contribution >= 0.6 is 0 Å². The number of aliphatic hydroxyl groups is 2. The van der Waals surface area contributed by atoms with E-state index < -0.39 is 54.2 Å². The van der Waals surface area contributed by atoms with Crippen LogP contribution in [0.2, 0.25) is 0 Å². The molecule has 2 aliphatic carbocycles. The summed E-state index contributed by atoms with van der Waals surface area (Å²) in [5, 5.41) is 22.1. The Balaban J connectivity index is 1.58. The fraction of sp³-hybridized carbons (Fsp3) is 0.643. The molecule has 0 aromatic carbocycles. The van der Waals surface area contributed by atoms with Gasteiger partial charge in [0.05, 0.1) is 12.2 Å². The van der Waals surface area contributed by atoms with Crippen LogP contribution in [0.25, 0.3) is 0 Å². The number of nitrogens with one attached hydrogen (secondary N) is 1. The molecule has 5 rings (SSSR count). The predicted octanol–water partition coefficient (Wildman–Crippen LogP) is 2.40. The van der Waals surface area contributed by atoms with E-state index in [1.807, 2.05) is 39.0 Å². The van der Waals surface area contributed by atoms with Crippen molar-refractivity contribution in [3.63, 3.8) is 0 Å². The lowest BCUT2D eigenvalue weighted by Gasteiger charge is -2.48. The van der Waals surface area contributed by atoms with Crippen molar-refractivity contribution in [3.05, 3.63) is 47.8 Å². The SMILES string of the molecule is CO[C@H]1CC2C=CC3C4O[C@]2(/C(C)=C/C(C)[C@@H]([C@H](C)O)OC1=O)C3[C@H](O)[C@@H](C)[C@H]4OC(=O)c1ccc[nH]1. The molecule has 5 unspecified atom stereocenters. The summed E-state index contributed by atoms with van der Waals surface area (Å²) >= 11 is 0. The van der Waals surface area contributed by atoms with Crippen LogP contribution in [0, 0.1) is 29.6 Å². The Kier molecular flexibility index (Phi) is 6.85. The Morgan fingerprint density at radius 2 is 2.05 bits per heavy atom. The van der Waals surface area contributed by atoms with Crippen molar-refractivity contribution in [1.82, 2.24) is 4.98 Å². The quantitative estimate of drug-likeness (QED) is 0.412. The molecule has 4 aliphatic rings. The zero-order chi connectivity index (χ0) is 26.6. The average Bonchev–Trinajstić information content (AvgIpc) is 3.46. The van der Waals surface area contributed by atoms with Gasteiger partial charge in [-0.1, -0.05) is 32.1 Å². The molecular weight excluding hydrogens is 478 g/mol. The molecule has 3 N–H and O–H groups in total. The standard InChI is InChI=1S/C28H37NO8/c1-13-11-14(2)28-17(12-20(34-5)27(33)35-23(13)16(4)30)8-9-18-21(28)22(31)15(3)24(25(18)37-28)36-26(32)19-7-6-10-29-19/h6-11,13,15-18,20-25,29-31H,12H2,1-5H3/b14-11+/t13?,15-,16+,17?,18?,20+,21?,22-,23+,24-,25?,28+/m1/s1. The summed E-state index contributed by atoms with van der Waals surface area (Å²) in [5.41, 5.74) is 0.301. The highest BCUT2D eigenvalue weighted by atomic mass is 16.6. The van der Waals surface area contributed by atoms with Crippen LogP contribution in [0.3, 0.4) is 0 Å². The second-order valence-corrected chi connectivity index (χ2v) is 11.1. The number of carbonyl (C=O) groups excluding carboxylic acids is 2. The summed E-state index contributed by atoms with van der Waals surface area (Å²) in [5.74, 6) is -2.49. The Labute approximate surface area is 216 Å². The van der Waals surface area contributed by atoms with Crippen LogP contribution in [0.15, 0.2) is 42.1 Å². The Hall–Kier alpha value is -2.46. The molecule has 1 saturated carbocycles. The van der Waals surface area contributed by atoms with Gasteiger partial charge in [-0.3, -0.25) is 0 Å². The Morgan fingerprint density at radius 1 is 1.30 bits per heavy atom. The smallest absolute Gasteiger partial charge is 0.355 e. The predicted molar refractivity (Wildman–Crippen MR) is 132 cm³/mol. The number of aromatic amines is 1. The molecular formula is C28H37NO8. The van der Waals surface area contributed by atoms with Gasteiger partial charge in [0.25, 0.3) is 0 Å². The minimum atomic E-state index is -0.933. The Bertz CT molecular complexity index is 1080. The topological polar surface area (TPSA) is 127 Å². The van der Waals surface area contributed by atoms with E-state index in [1.165, 1.54) is 7.11 Å². The minimum Gasteiger partial charge on any atom is -0.457 e. The molecule has 0 amide bonds. The molecule has 4 bridgehead atoms. The van der Waals surface area contributed by atoms with E-state index in [9.17, 15) is 19.8 Å². The maximum atomic E-state index is 13.1. The molecule has 202 valence electrons. The third-order valence-electron chi connectivity index (χ3n) is 8.94. The van der Waals surface area contributed by atoms with Crippen molar-refractivity contribution < 1.29 is 38.7 Å². The van der Waals surface area contributed by atoms with Gasteiger partial charge in [0.15, 0.2) is 6.10 Å². The van der Waals surface area contributed by atoms with Gasteiger partial charge in [-0.2, -0.15) is 0 Å². The molecule has 2 aliphatic heterocycles. The highest BCUT2D eigenvalue weighted by molar-refractivity contribution is 5.87. The lowest BCUT2D eigenvalue weighted by molar-refractivity contribution is -0.172. The van der Waals surface area contributed by atoms with Crippen molar-refractivity contribution >= 4 is 11.9 Å². The first-order valence-electron chi connectivity index (χ1n) is 13.1. The number of ether oxygens (including phenoxy) is 4. The Morgan fingerprint density at radius 3 is 2.70 bits per heavy atom. The maximum absolute atomic E-state index is 13.1. The number of hydrogen-bond donors (Lipinski definition) is 3. The summed E-state index contributed by atoms with van der Waals surface area (Å²) in [6.07, 6.45) is 3.53. The van der Waals surface area contributed by atoms with Crippen LogP contribution in [0.4, 0.5) is 0 Å². The van der Waals surface area contributed by atoms with Crippen molar-refractivity contribution in [2.75, 3.05) is 7.11 Å². The van der Waals surface area contributed by atoms with Gasteiger partial charge < -0.3 is 34.1 Å². The molecule has 2 fully saturated rings. The molecule has 1 aromatic heterocycles. The van der Waals surface area contributed by atoms with Crippen LogP contribution in [0.1, 0.15) is 44.6 Å². The highest BCUT2D eigenvalue weighted by Crippen LogP contribution is 2.61. The average molecular weight is 516 g/mol. The van der Waals surface area contributed by atoms with E-state index >= 15 is 0 Å². The second kappa shape index (κ2) is 9.69. The summed E-state index contributed by atoms with van der Waals surface area (Å²) in [7, 11) is 1.46. The molecule has 1 saturated heterocycles. The number of H-pyrrole nitrogens is 1. The van der Waals surface area contributed by atoms with Gasteiger partial charge in [-0.15, -0.1) is 0 Å². The van der Waals surface area contributed by atoms with Gasteiger partial charge in [0.1, 0.15) is 29.6 Å². The normalized spacial score (nSPS) is 45.3. The van der Waals surface area contributed by atoms with Gasteiger partial charge >= 0.3 is 11.9 Å². The van der Waals surface area contributed by atoms with Crippen LogP contribution < -0.4 is 0 Å². The van der Waals surface area contributed by atoms with E-state index in [1.54, 1.807) is 25.3 Å². The molecule has 3 heterocycles. The van der Waals surface area contributed by atoms with Crippen molar-refractivity contribution in [3.8, 4) is 0 Å². The molecule has 1 aromatic rings. The molecule has 1 spiro atoms. The summed E-state index contributed by atoms with van der Waals surface area (Å²) < 4.78 is 24.2. The third kappa shape index (κ3) is 4.07. The number of esters is 2. The molecule has 9 heteroatoms. The van der Waals surface area contributed by atoms with Gasteiger partial charge in [0.2, 0.25) is 0 Å². The maximum Gasteiger partial charge on any atom is 0.355 e. The summed E-state index contributed by atoms with van der Waals surface area (Å²) in [6.45, 7) is 7.35. The zero-order valence-electron chi connectivity index (χ0n) is 21.9. The number of rotatable bonds is 4. The van der Waals surface area contributed by atoms with Gasteiger partial charge in [-0.25, -0.2) is 9.59 Å². The van der Waals surface area contributed by atoms with Crippen molar-refractivity contribution in [2.45, 2.75) is 76.3 Å². The van der Waals surface area contributed by atoms with E-state index in [0.29, 0.717) is 5.69 Å². The number of cyclic esters (lactones) is 1. The number of methoxy groups -OCH3 is 1. The molecule has 0 radical (unpaired) electrons. The van der Waals surface area contributed by atoms with Gasteiger partial charge in [0, 0.05) is 42.9 Å². The lowest BCUT2D eigenvalue weighted by atomic mass is 9.57. The summed E-state index contributed by atoms with van der Waals surface area (Å²) in [4.78, 5) is 28.8. The van der Waals surface area contributed by atoms with Crippen LogP contribution in [0.5, 0.6) is 0 Å². The largest absolute Gasteiger partial charge is 0.457 e. The zero-order valence-corrected chi connectivity index (χ0v) is 21.9. The number of aliphatic hydroxyl groups excluding tert-OH is 2. The number of hydrogen-bond acceptors (Lipinski definition) is 8. The van der Waals surface area contributed by atoms with Crippen LogP contribution in [-0.2, 0) is 23.7 Å². The van der Waals surface area contributed by atoms with E-state index in [-0.39, 0.29) is 36.0 Å². The van der Waals surface area contributed by atoms with E-state index in [2.05, 4.69) is 4.98 Å². The second-order valence-electron chi connectivity index (χ2n) is 11.1. The lowest BCUT2D eigenvalue weighted by Crippen LogP contribution is -2.57. The first-order valence-corrected chi connectivity index (χ1v) is 13.1. The van der Waals surface area contributed by atoms with Crippen molar-refractivity contribution in [2.24, 2.45) is 29.6 Å². The first kappa shape index (κ1) is 26.2. The first-order chi connectivity index (χ1) is 17.6. The van der Waals surface area contributed by atoms with E-state index in [0.717, 1.165) is 5.57 Å². The van der Waals surface area contributed by atoms with Crippen molar-refractivity contribution in [1.29, 1.82) is 0 Å².